The van der Waals surface area contributed by atoms with Crippen molar-refractivity contribution >= 4 is 0 Å². The third kappa shape index (κ3) is 4.88. The Bertz CT molecular complexity index is 467. The van der Waals surface area contributed by atoms with Gasteiger partial charge < -0.3 is 0 Å². The van der Waals surface area contributed by atoms with Crippen molar-refractivity contribution in [2.75, 3.05) is 0 Å². The number of unbranched alkanes of at least 4 members (excludes halogenated alkanes) is 5. The molecule has 0 radical (unpaired) electrons. The van der Waals surface area contributed by atoms with E-state index in [4.69, 9.17) is 0 Å². The Labute approximate surface area is 131 Å². The molecule has 0 aliphatic heterocycles. The van der Waals surface area contributed by atoms with Crippen molar-refractivity contribution in [3.63, 3.8) is 0 Å². The molecule has 2 unspecified atom stereocenters. The first-order valence-corrected chi connectivity index (χ1v) is 8.75. The van der Waals surface area contributed by atoms with E-state index in [9.17, 15) is 0 Å². The molecule has 0 N–H and O–H groups in total. The Morgan fingerprint density at radius 1 is 0.857 bits per heavy atom. The highest BCUT2D eigenvalue weighted by Gasteiger charge is 2.18. The normalized spacial score (nSPS) is 20.9. The van der Waals surface area contributed by atoms with Crippen LogP contribution in [0.2, 0.25) is 0 Å². The first-order chi connectivity index (χ1) is 10.3. The summed E-state index contributed by atoms with van der Waals surface area (Å²) in [4.78, 5) is 0. The fourth-order valence-corrected chi connectivity index (χ4v) is 3.29. The van der Waals surface area contributed by atoms with Gasteiger partial charge in [-0.05, 0) is 29.9 Å². The highest BCUT2D eigenvalue weighted by molar-refractivity contribution is 5.36. The number of aryl methyl sites for hydroxylation is 1. The molecule has 0 spiro atoms. The predicted octanol–water partition coefficient (Wildman–Crippen LogP) is 6.44. The first kappa shape index (κ1) is 16.1. The average molecular weight is 282 g/mol. The summed E-state index contributed by atoms with van der Waals surface area (Å²) in [5.74, 6) is 1.17. The largest absolute Gasteiger partial charge is 0.0808 e. The Morgan fingerprint density at radius 2 is 1.57 bits per heavy atom. The molecule has 0 saturated heterocycles. The summed E-state index contributed by atoms with van der Waals surface area (Å²) in [5, 5.41) is 0. The lowest BCUT2D eigenvalue weighted by Crippen LogP contribution is -2.10. The highest BCUT2D eigenvalue weighted by atomic mass is 14.2. The molecular formula is C21H30. The van der Waals surface area contributed by atoms with Gasteiger partial charge in [0.2, 0.25) is 0 Å². The molecule has 114 valence electrons. The summed E-state index contributed by atoms with van der Waals surface area (Å²) in [5.41, 5.74) is 3.10. The van der Waals surface area contributed by atoms with Gasteiger partial charge in [0, 0.05) is 5.92 Å². The van der Waals surface area contributed by atoms with Crippen LogP contribution < -0.4 is 0 Å². The van der Waals surface area contributed by atoms with Gasteiger partial charge in [-0.15, -0.1) is 0 Å². The molecule has 2 atom stereocenters. The van der Waals surface area contributed by atoms with Gasteiger partial charge in [-0.25, -0.2) is 0 Å². The monoisotopic (exact) mass is 282 g/mol. The third-order valence-corrected chi connectivity index (χ3v) is 4.62. The summed E-state index contributed by atoms with van der Waals surface area (Å²) in [6.45, 7) is 4.61. The minimum atomic E-state index is 0.561. The fourth-order valence-electron chi connectivity index (χ4n) is 3.29. The van der Waals surface area contributed by atoms with Gasteiger partial charge in [-0.1, -0.05) is 94.5 Å². The number of rotatable bonds is 8. The van der Waals surface area contributed by atoms with E-state index in [2.05, 4.69) is 62.4 Å². The SMILES string of the molecule is CCCCCCCCc1ccccc1C1C=CC=CC1C. The summed E-state index contributed by atoms with van der Waals surface area (Å²) in [6.07, 6.45) is 18.6. The van der Waals surface area contributed by atoms with E-state index in [1.807, 2.05) is 0 Å². The average Bonchev–Trinajstić information content (AvgIpc) is 2.52. The summed E-state index contributed by atoms with van der Waals surface area (Å²) < 4.78 is 0. The molecule has 21 heavy (non-hydrogen) atoms. The molecular weight excluding hydrogens is 252 g/mol. The van der Waals surface area contributed by atoms with Crippen LogP contribution in [0.4, 0.5) is 0 Å². The van der Waals surface area contributed by atoms with Crippen LogP contribution in [0.25, 0.3) is 0 Å². The van der Waals surface area contributed by atoms with Gasteiger partial charge >= 0.3 is 0 Å². The quantitative estimate of drug-likeness (QED) is 0.481. The van der Waals surface area contributed by atoms with Crippen LogP contribution in [-0.2, 0) is 6.42 Å². The van der Waals surface area contributed by atoms with Gasteiger partial charge in [0.25, 0.3) is 0 Å². The van der Waals surface area contributed by atoms with Crippen LogP contribution in [0.5, 0.6) is 0 Å². The van der Waals surface area contributed by atoms with Gasteiger partial charge in [0.1, 0.15) is 0 Å². The maximum Gasteiger partial charge on any atom is 0.00841 e. The van der Waals surface area contributed by atoms with Gasteiger partial charge in [0.05, 0.1) is 0 Å². The smallest absolute Gasteiger partial charge is 0.00841 e. The Kier molecular flexibility index (Phi) is 6.79. The van der Waals surface area contributed by atoms with Gasteiger partial charge in [-0.3, -0.25) is 0 Å². The molecule has 0 fully saturated rings. The maximum absolute atomic E-state index is 2.37. The standard InChI is InChI=1S/C21H30/c1-3-4-5-6-7-8-14-19-15-10-12-17-21(19)20-16-11-9-13-18(20)2/h9-13,15-18,20H,3-8,14H2,1-2H3. The molecule has 1 aliphatic carbocycles. The van der Waals surface area contributed by atoms with Crippen LogP contribution in [-0.4, -0.2) is 0 Å². The molecule has 0 amide bonds. The molecule has 0 saturated carbocycles. The lowest BCUT2D eigenvalue weighted by molar-refractivity contribution is 0.598. The minimum Gasteiger partial charge on any atom is -0.0808 e. The second-order valence-corrected chi connectivity index (χ2v) is 6.37. The Morgan fingerprint density at radius 3 is 2.38 bits per heavy atom. The number of hydrogen-bond donors (Lipinski definition) is 0. The van der Waals surface area contributed by atoms with Crippen LogP contribution in [0.3, 0.4) is 0 Å². The topological polar surface area (TPSA) is 0 Å². The van der Waals surface area contributed by atoms with Crippen LogP contribution in [0, 0.1) is 5.92 Å². The molecule has 0 aromatic heterocycles. The third-order valence-electron chi connectivity index (χ3n) is 4.62. The molecule has 0 heteroatoms. The van der Waals surface area contributed by atoms with Crippen LogP contribution in [0.15, 0.2) is 48.6 Å². The molecule has 0 bridgehead atoms. The van der Waals surface area contributed by atoms with Crippen molar-refractivity contribution in [1.29, 1.82) is 0 Å². The van der Waals surface area contributed by atoms with E-state index in [1.165, 1.54) is 44.9 Å². The fraction of sp³-hybridized carbons (Fsp3) is 0.524. The van der Waals surface area contributed by atoms with Gasteiger partial charge in [-0.2, -0.15) is 0 Å². The van der Waals surface area contributed by atoms with Crippen molar-refractivity contribution in [2.24, 2.45) is 5.92 Å². The van der Waals surface area contributed by atoms with Crippen LogP contribution >= 0.6 is 0 Å². The molecule has 0 heterocycles. The van der Waals surface area contributed by atoms with Crippen molar-refractivity contribution in [3.8, 4) is 0 Å². The minimum absolute atomic E-state index is 0.561. The zero-order valence-corrected chi connectivity index (χ0v) is 13.7. The van der Waals surface area contributed by atoms with Crippen LogP contribution in [0.1, 0.15) is 69.4 Å². The van der Waals surface area contributed by atoms with Gasteiger partial charge in [0.15, 0.2) is 0 Å². The van der Waals surface area contributed by atoms with E-state index in [1.54, 1.807) is 11.1 Å². The Hall–Kier alpha value is -1.30. The van der Waals surface area contributed by atoms with E-state index in [0.717, 1.165) is 0 Å². The highest BCUT2D eigenvalue weighted by Crippen LogP contribution is 2.32. The van der Waals surface area contributed by atoms with Crippen molar-refractivity contribution in [2.45, 2.75) is 64.7 Å². The van der Waals surface area contributed by atoms with E-state index >= 15 is 0 Å². The maximum atomic E-state index is 2.37. The van der Waals surface area contributed by atoms with Crippen molar-refractivity contribution < 1.29 is 0 Å². The van der Waals surface area contributed by atoms with Crippen molar-refractivity contribution in [3.05, 3.63) is 59.7 Å². The van der Waals surface area contributed by atoms with E-state index in [0.29, 0.717) is 11.8 Å². The molecule has 2 rings (SSSR count). The van der Waals surface area contributed by atoms with Crippen molar-refractivity contribution in [1.82, 2.24) is 0 Å². The number of benzene rings is 1. The molecule has 1 aromatic carbocycles. The van der Waals surface area contributed by atoms with E-state index in [-0.39, 0.29) is 0 Å². The Balaban J connectivity index is 1.91. The lowest BCUT2D eigenvalue weighted by Gasteiger charge is -2.23. The first-order valence-electron chi connectivity index (χ1n) is 8.75. The molecule has 1 aromatic rings. The summed E-state index contributed by atoms with van der Waals surface area (Å²) in [7, 11) is 0. The second kappa shape index (κ2) is 8.87. The summed E-state index contributed by atoms with van der Waals surface area (Å²) in [6, 6.07) is 9.05. The summed E-state index contributed by atoms with van der Waals surface area (Å²) >= 11 is 0. The zero-order chi connectivity index (χ0) is 14.9. The van der Waals surface area contributed by atoms with E-state index < -0.39 is 0 Å². The predicted molar refractivity (Wildman–Crippen MR) is 93.7 cm³/mol. The number of allylic oxidation sites excluding steroid dienone is 4. The zero-order valence-electron chi connectivity index (χ0n) is 13.7. The lowest BCUT2D eigenvalue weighted by atomic mass is 9.81. The molecule has 1 aliphatic rings. The number of hydrogen-bond acceptors (Lipinski definition) is 0. The second-order valence-electron chi connectivity index (χ2n) is 6.37. The molecule has 0 nitrogen and oxygen atoms in total.